The van der Waals surface area contributed by atoms with Crippen LogP contribution in [0.1, 0.15) is 24.5 Å². The van der Waals surface area contributed by atoms with Gasteiger partial charge < -0.3 is 5.32 Å². The Morgan fingerprint density at radius 2 is 2.08 bits per heavy atom. The molecule has 1 aromatic carbocycles. The van der Waals surface area contributed by atoms with Gasteiger partial charge >= 0.3 is 0 Å². The molecule has 0 radical (unpaired) electrons. The van der Waals surface area contributed by atoms with Gasteiger partial charge in [-0.15, -0.1) is 0 Å². The molecule has 1 saturated heterocycles. The number of carbonyl (C=O) groups excluding carboxylic acids is 1. The number of nitrogens with zero attached hydrogens (tertiary/aromatic N) is 1. The molecule has 1 N–H and O–H groups in total. The largest absolute Gasteiger partial charge is 0.351 e. The number of benzene rings is 1. The molecule has 2 aromatic rings. The number of pyridine rings is 1. The lowest BCUT2D eigenvalue weighted by Crippen LogP contribution is -2.39. The number of hydrogen-bond acceptors (Lipinski definition) is 5. The average molecular weight is 379 g/mol. The van der Waals surface area contributed by atoms with Crippen LogP contribution < -0.4 is 5.32 Å². The summed E-state index contributed by atoms with van der Waals surface area (Å²) in [4.78, 5) is 17.1. The molecule has 3 rings (SSSR count). The number of nitrogens with one attached hydrogen (secondary N) is 1. The molecule has 1 amide bonds. The molecule has 2 atom stereocenters. The van der Waals surface area contributed by atoms with Crippen molar-refractivity contribution >= 4 is 38.4 Å². The van der Waals surface area contributed by atoms with Crippen LogP contribution in [0.2, 0.25) is 0 Å². The summed E-state index contributed by atoms with van der Waals surface area (Å²) in [6, 6.07) is 7.82. The summed E-state index contributed by atoms with van der Waals surface area (Å²) in [7, 11) is -2.99. The molecule has 2 heterocycles. The Hall–Kier alpha value is -1.60. The number of rotatable bonds is 4. The number of fused-ring (bicyclic) bond motifs is 1. The summed E-state index contributed by atoms with van der Waals surface area (Å²) in [5.41, 5.74) is 3.20. The van der Waals surface area contributed by atoms with Crippen LogP contribution in [0.25, 0.3) is 10.9 Å². The summed E-state index contributed by atoms with van der Waals surface area (Å²) in [6.07, 6.45) is 0.498. The second kappa shape index (κ2) is 6.96. The number of amides is 1. The molecule has 1 aliphatic rings. The fourth-order valence-corrected chi connectivity index (χ4v) is 5.65. The van der Waals surface area contributed by atoms with Gasteiger partial charge in [0.15, 0.2) is 9.84 Å². The molecular weight excluding hydrogens is 356 g/mol. The Labute approximate surface area is 152 Å². The number of sulfone groups is 1. The average Bonchev–Trinajstić information content (AvgIpc) is 2.87. The van der Waals surface area contributed by atoms with Gasteiger partial charge in [0, 0.05) is 11.4 Å². The van der Waals surface area contributed by atoms with Crippen LogP contribution in [0.15, 0.2) is 29.3 Å². The van der Waals surface area contributed by atoms with Crippen LogP contribution in [0.5, 0.6) is 0 Å². The van der Waals surface area contributed by atoms with Crippen molar-refractivity contribution < 1.29 is 13.2 Å². The van der Waals surface area contributed by atoms with Gasteiger partial charge in [0.2, 0.25) is 5.91 Å². The van der Waals surface area contributed by atoms with E-state index in [0.29, 0.717) is 6.42 Å². The first kappa shape index (κ1) is 18.2. The summed E-state index contributed by atoms with van der Waals surface area (Å²) in [6.45, 7) is 5.89. The first-order valence-electron chi connectivity index (χ1n) is 8.29. The molecule has 1 fully saturated rings. The highest BCUT2D eigenvalue weighted by atomic mass is 32.2. The number of aryl methyl sites for hydroxylation is 2. The van der Waals surface area contributed by atoms with Crippen LogP contribution in [0.4, 0.5) is 0 Å². The predicted octanol–water partition coefficient (Wildman–Crippen LogP) is 2.64. The number of para-hydroxylation sites is 1. The normalized spacial score (nSPS) is 20.5. The highest BCUT2D eigenvalue weighted by Gasteiger charge is 2.30. The van der Waals surface area contributed by atoms with Crippen molar-refractivity contribution in [3.8, 4) is 0 Å². The van der Waals surface area contributed by atoms with Gasteiger partial charge in [-0.3, -0.25) is 4.79 Å². The van der Waals surface area contributed by atoms with Gasteiger partial charge in [0.1, 0.15) is 0 Å². The van der Waals surface area contributed by atoms with E-state index in [2.05, 4.69) is 11.4 Å². The van der Waals surface area contributed by atoms with E-state index >= 15 is 0 Å². The Balaban J connectivity index is 1.72. The zero-order chi connectivity index (χ0) is 18.2. The van der Waals surface area contributed by atoms with Crippen LogP contribution in [0, 0.1) is 13.8 Å². The van der Waals surface area contributed by atoms with Crippen molar-refractivity contribution in [2.45, 2.75) is 43.5 Å². The predicted molar refractivity (Wildman–Crippen MR) is 102 cm³/mol. The Kier molecular flexibility index (Phi) is 5.06. The van der Waals surface area contributed by atoms with E-state index in [0.717, 1.165) is 27.1 Å². The standard InChI is InChI=1S/C18H22N2O3S2/c1-11-5-4-6-15-12(2)9-16(20-17(11)15)24-13(3)18(21)19-14-7-8-25(22,23)10-14/h4-6,9,13-14H,7-8,10H2,1-3H3,(H,19,21). The van der Waals surface area contributed by atoms with Crippen LogP contribution in [-0.4, -0.2) is 42.1 Å². The smallest absolute Gasteiger partial charge is 0.233 e. The minimum atomic E-state index is -2.99. The molecule has 1 aliphatic heterocycles. The third kappa shape index (κ3) is 4.15. The van der Waals surface area contributed by atoms with Crippen molar-refractivity contribution in [1.29, 1.82) is 0 Å². The zero-order valence-corrected chi connectivity index (χ0v) is 16.2. The molecule has 7 heteroatoms. The number of carbonyl (C=O) groups is 1. The first-order valence-corrected chi connectivity index (χ1v) is 11.0. The number of aromatic nitrogens is 1. The van der Waals surface area contributed by atoms with E-state index in [1.54, 1.807) is 0 Å². The lowest BCUT2D eigenvalue weighted by Gasteiger charge is -2.16. The minimum Gasteiger partial charge on any atom is -0.351 e. The Morgan fingerprint density at radius 1 is 1.32 bits per heavy atom. The molecular formula is C18H22N2O3S2. The highest BCUT2D eigenvalue weighted by molar-refractivity contribution is 8.00. The van der Waals surface area contributed by atoms with Crippen LogP contribution >= 0.6 is 11.8 Å². The third-order valence-electron chi connectivity index (χ3n) is 4.47. The highest BCUT2D eigenvalue weighted by Crippen LogP contribution is 2.28. The lowest BCUT2D eigenvalue weighted by molar-refractivity contribution is -0.120. The quantitative estimate of drug-likeness (QED) is 0.828. The van der Waals surface area contributed by atoms with Gasteiger partial charge in [-0.2, -0.15) is 0 Å². The number of hydrogen-bond donors (Lipinski definition) is 1. The van der Waals surface area contributed by atoms with E-state index < -0.39 is 9.84 Å². The third-order valence-corrected chi connectivity index (χ3v) is 7.26. The monoisotopic (exact) mass is 378 g/mol. The van der Waals surface area contributed by atoms with E-state index in [1.807, 2.05) is 39.0 Å². The summed E-state index contributed by atoms with van der Waals surface area (Å²) >= 11 is 1.40. The van der Waals surface area contributed by atoms with Crippen molar-refractivity contribution in [1.82, 2.24) is 10.3 Å². The Morgan fingerprint density at radius 3 is 2.76 bits per heavy atom. The minimum absolute atomic E-state index is 0.0443. The van der Waals surface area contributed by atoms with Crippen molar-refractivity contribution in [3.63, 3.8) is 0 Å². The van der Waals surface area contributed by atoms with E-state index in [9.17, 15) is 13.2 Å². The van der Waals surface area contributed by atoms with E-state index in [4.69, 9.17) is 4.98 Å². The summed E-state index contributed by atoms with van der Waals surface area (Å²) in [5, 5.41) is 4.44. The van der Waals surface area contributed by atoms with Crippen LogP contribution in [0.3, 0.4) is 0 Å². The SMILES string of the molecule is Cc1cc(SC(C)C(=O)NC2CCS(=O)(=O)C2)nc2c(C)cccc12. The molecule has 0 bridgehead atoms. The molecule has 5 nitrogen and oxygen atoms in total. The second-order valence-corrected chi connectivity index (χ2v) is 10.2. The zero-order valence-electron chi connectivity index (χ0n) is 14.6. The van der Waals surface area contributed by atoms with Gasteiger partial charge in [-0.1, -0.05) is 30.0 Å². The van der Waals surface area contributed by atoms with Crippen LogP contribution in [-0.2, 0) is 14.6 Å². The van der Waals surface area contributed by atoms with Gasteiger partial charge in [0.05, 0.1) is 27.3 Å². The second-order valence-electron chi connectivity index (χ2n) is 6.62. The summed E-state index contributed by atoms with van der Waals surface area (Å²) < 4.78 is 23.0. The van der Waals surface area contributed by atoms with Gasteiger partial charge in [0.25, 0.3) is 0 Å². The maximum atomic E-state index is 12.4. The number of thioether (sulfide) groups is 1. The van der Waals surface area contributed by atoms with Crippen molar-refractivity contribution in [3.05, 3.63) is 35.4 Å². The van der Waals surface area contributed by atoms with E-state index in [1.165, 1.54) is 11.8 Å². The molecule has 0 aliphatic carbocycles. The van der Waals surface area contributed by atoms with Gasteiger partial charge in [-0.05, 0) is 44.4 Å². The van der Waals surface area contributed by atoms with E-state index in [-0.39, 0.29) is 28.7 Å². The molecule has 25 heavy (non-hydrogen) atoms. The molecule has 0 spiro atoms. The van der Waals surface area contributed by atoms with Gasteiger partial charge in [-0.25, -0.2) is 13.4 Å². The van der Waals surface area contributed by atoms with Crippen molar-refractivity contribution in [2.75, 3.05) is 11.5 Å². The fraction of sp³-hybridized carbons (Fsp3) is 0.444. The molecule has 0 saturated carbocycles. The first-order chi connectivity index (χ1) is 11.7. The van der Waals surface area contributed by atoms with Crippen molar-refractivity contribution in [2.24, 2.45) is 0 Å². The topological polar surface area (TPSA) is 76.1 Å². The summed E-state index contributed by atoms with van der Waals surface area (Å²) in [5.74, 6) is 0.0590. The molecule has 1 aromatic heterocycles. The maximum Gasteiger partial charge on any atom is 0.233 e. The molecule has 2 unspecified atom stereocenters. The molecule has 134 valence electrons. The lowest BCUT2D eigenvalue weighted by atomic mass is 10.1. The fourth-order valence-electron chi connectivity index (χ4n) is 3.05. The maximum absolute atomic E-state index is 12.4. The Bertz CT molecular complexity index is 925.